The predicted molar refractivity (Wildman–Crippen MR) is 90.5 cm³/mol. The molecule has 0 saturated carbocycles. The lowest BCUT2D eigenvalue weighted by Gasteiger charge is -2.34. The summed E-state index contributed by atoms with van der Waals surface area (Å²) in [4.78, 5) is 16.3. The Labute approximate surface area is 137 Å². The first kappa shape index (κ1) is 15.6. The quantitative estimate of drug-likeness (QED) is 0.872. The van der Waals surface area contributed by atoms with E-state index in [2.05, 4.69) is 36.1 Å². The van der Waals surface area contributed by atoms with E-state index in [0.717, 1.165) is 19.6 Å². The van der Waals surface area contributed by atoms with Crippen molar-refractivity contribution in [1.82, 2.24) is 9.80 Å². The van der Waals surface area contributed by atoms with E-state index < -0.39 is 0 Å². The number of ether oxygens (including phenoxy) is 1. The van der Waals surface area contributed by atoms with E-state index in [1.165, 1.54) is 11.1 Å². The van der Waals surface area contributed by atoms with E-state index in [1.54, 1.807) is 17.0 Å². The monoisotopic (exact) mass is 310 g/mol. The molecule has 23 heavy (non-hydrogen) atoms. The van der Waals surface area contributed by atoms with E-state index in [9.17, 15) is 4.79 Å². The van der Waals surface area contributed by atoms with Gasteiger partial charge in [0.15, 0.2) is 0 Å². The van der Waals surface area contributed by atoms with Crippen LogP contribution in [0.15, 0.2) is 54.6 Å². The van der Waals surface area contributed by atoms with Crippen LogP contribution in [-0.2, 0) is 6.54 Å². The van der Waals surface area contributed by atoms with Crippen LogP contribution < -0.4 is 4.74 Å². The van der Waals surface area contributed by atoms with E-state index in [0.29, 0.717) is 18.8 Å². The molecule has 2 aromatic rings. The van der Waals surface area contributed by atoms with Gasteiger partial charge in [0, 0.05) is 32.7 Å². The van der Waals surface area contributed by atoms with Crippen molar-refractivity contribution in [2.24, 2.45) is 0 Å². The Morgan fingerprint density at radius 3 is 2.30 bits per heavy atom. The van der Waals surface area contributed by atoms with Crippen molar-refractivity contribution in [3.63, 3.8) is 0 Å². The average Bonchev–Trinajstić information content (AvgIpc) is 2.58. The molecule has 0 spiro atoms. The number of carbonyl (C=O) groups excluding carboxylic acids is 1. The number of amides is 1. The van der Waals surface area contributed by atoms with Crippen LogP contribution in [0.5, 0.6) is 5.75 Å². The molecule has 1 amide bonds. The number of aryl methyl sites for hydroxylation is 1. The third-order valence-corrected chi connectivity index (χ3v) is 4.23. The number of hydrogen-bond donors (Lipinski definition) is 0. The number of nitrogens with zero attached hydrogens (tertiary/aromatic N) is 2. The fourth-order valence-electron chi connectivity index (χ4n) is 2.77. The number of rotatable bonds is 3. The molecule has 0 N–H and O–H groups in total. The minimum absolute atomic E-state index is 0.258. The highest BCUT2D eigenvalue weighted by Gasteiger charge is 2.22. The Morgan fingerprint density at radius 1 is 0.957 bits per heavy atom. The molecule has 0 aliphatic carbocycles. The fraction of sp³-hybridized carbons (Fsp3) is 0.316. The third-order valence-electron chi connectivity index (χ3n) is 4.23. The molecule has 0 unspecified atom stereocenters. The first-order valence-corrected chi connectivity index (χ1v) is 8.01. The Balaban J connectivity index is 1.50. The second kappa shape index (κ2) is 7.29. The molecule has 3 rings (SSSR count). The molecule has 1 fully saturated rings. The summed E-state index contributed by atoms with van der Waals surface area (Å²) < 4.78 is 5.39. The molecule has 0 bridgehead atoms. The largest absolute Gasteiger partial charge is 0.415 e. The molecule has 0 radical (unpaired) electrons. The van der Waals surface area contributed by atoms with Crippen LogP contribution in [0.3, 0.4) is 0 Å². The summed E-state index contributed by atoms with van der Waals surface area (Å²) in [5.41, 5.74) is 2.67. The highest BCUT2D eigenvalue weighted by Crippen LogP contribution is 2.14. The van der Waals surface area contributed by atoms with Crippen LogP contribution in [-0.4, -0.2) is 42.1 Å². The van der Waals surface area contributed by atoms with Crippen molar-refractivity contribution in [2.75, 3.05) is 26.2 Å². The van der Waals surface area contributed by atoms with Gasteiger partial charge >= 0.3 is 6.09 Å². The van der Waals surface area contributed by atoms with Gasteiger partial charge in [0.25, 0.3) is 0 Å². The topological polar surface area (TPSA) is 32.8 Å². The number of piperazine rings is 1. The zero-order valence-electron chi connectivity index (χ0n) is 13.4. The summed E-state index contributed by atoms with van der Waals surface area (Å²) in [5, 5.41) is 0. The lowest BCUT2D eigenvalue weighted by atomic mass is 10.1. The van der Waals surface area contributed by atoms with E-state index in [4.69, 9.17) is 4.74 Å². The maximum absolute atomic E-state index is 12.2. The van der Waals surface area contributed by atoms with Crippen LogP contribution in [0, 0.1) is 6.92 Å². The fourth-order valence-corrected chi connectivity index (χ4v) is 2.77. The summed E-state index contributed by atoms with van der Waals surface area (Å²) >= 11 is 0. The van der Waals surface area contributed by atoms with Gasteiger partial charge in [-0.15, -0.1) is 0 Å². The standard InChI is InChI=1S/C19H22N2O2/c1-16-7-5-6-8-17(16)15-20-11-13-21(14-12-20)19(22)23-18-9-3-2-4-10-18/h2-10H,11-15H2,1H3. The summed E-state index contributed by atoms with van der Waals surface area (Å²) in [6.45, 7) is 6.24. The van der Waals surface area contributed by atoms with Gasteiger partial charge in [-0.05, 0) is 30.2 Å². The second-order valence-corrected chi connectivity index (χ2v) is 5.87. The molecule has 120 valence electrons. The number of para-hydroxylation sites is 1. The van der Waals surface area contributed by atoms with Gasteiger partial charge < -0.3 is 9.64 Å². The number of hydrogen-bond acceptors (Lipinski definition) is 3. The summed E-state index contributed by atoms with van der Waals surface area (Å²) in [7, 11) is 0. The SMILES string of the molecule is Cc1ccccc1CN1CCN(C(=O)Oc2ccccc2)CC1. The molecule has 0 atom stereocenters. The van der Waals surface area contributed by atoms with Crippen molar-refractivity contribution in [1.29, 1.82) is 0 Å². The van der Waals surface area contributed by atoms with Gasteiger partial charge in [-0.3, -0.25) is 4.90 Å². The van der Waals surface area contributed by atoms with Crippen molar-refractivity contribution >= 4 is 6.09 Å². The molecular weight excluding hydrogens is 288 g/mol. The van der Waals surface area contributed by atoms with Crippen LogP contribution in [0.25, 0.3) is 0 Å². The third kappa shape index (κ3) is 4.11. The maximum Gasteiger partial charge on any atom is 0.415 e. The summed E-state index contributed by atoms with van der Waals surface area (Å²) in [5.74, 6) is 0.597. The lowest BCUT2D eigenvalue weighted by molar-refractivity contribution is 0.108. The minimum atomic E-state index is -0.258. The van der Waals surface area contributed by atoms with Crippen LogP contribution in [0.4, 0.5) is 4.79 Å². The zero-order chi connectivity index (χ0) is 16.1. The van der Waals surface area contributed by atoms with Crippen molar-refractivity contribution in [3.05, 3.63) is 65.7 Å². The normalized spacial score (nSPS) is 15.4. The molecular formula is C19H22N2O2. The smallest absolute Gasteiger partial charge is 0.410 e. The van der Waals surface area contributed by atoms with Gasteiger partial charge in [-0.25, -0.2) is 4.79 Å². The van der Waals surface area contributed by atoms with Crippen LogP contribution >= 0.6 is 0 Å². The summed E-state index contributed by atoms with van der Waals surface area (Å²) in [6, 6.07) is 17.7. The highest BCUT2D eigenvalue weighted by atomic mass is 16.6. The van der Waals surface area contributed by atoms with Gasteiger partial charge in [-0.2, -0.15) is 0 Å². The predicted octanol–water partition coefficient (Wildman–Crippen LogP) is 3.31. The Hall–Kier alpha value is -2.33. The minimum Gasteiger partial charge on any atom is -0.410 e. The van der Waals surface area contributed by atoms with Crippen molar-refractivity contribution in [3.8, 4) is 5.75 Å². The van der Waals surface area contributed by atoms with Crippen molar-refractivity contribution < 1.29 is 9.53 Å². The van der Waals surface area contributed by atoms with Crippen LogP contribution in [0.1, 0.15) is 11.1 Å². The highest BCUT2D eigenvalue weighted by molar-refractivity contribution is 5.70. The molecule has 2 aromatic carbocycles. The van der Waals surface area contributed by atoms with Gasteiger partial charge in [0.05, 0.1) is 0 Å². The molecule has 4 nitrogen and oxygen atoms in total. The Bertz CT molecular complexity index is 649. The van der Waals surface area contributed by atoms with Gasteiger partial charge in [0.1, 0.15) is 5.75 Å². The number of benzene rings is 2. The molecule has 1 aliphatic rings. The molecule has 4 heteroatoms. The molecule has 0 aromatic heterocycles. The first-order chi connectivity index (χ1) is 11.2. The zero-order valence-corrected chi connectivity index (χ0v) is 13.4. The van der Waals surface area contributed by atoms with Gasteiger partial charge in [-0.1, -0.05) is 42.5 Å². The first-order valence-electron chi connectivity index (χ1n) is 8.01. The molecule has 1 aliphatic heterocycles. The maximum atomic E-state index is 12.2. The Kier molecular flexibility index (Phi) is 4.93. The Morgan fingerprint density at radius 2 is 1.61 bits per heavy atom. The number of carbonyl (C=O) groups is 1. The van der Waals surface area contributed by atoms with E-state index in [-0.39, 0.29) is 6.09 Å². The van der Waals surface area contributed by atoms with E-state index >= 15 is 0 Å². The molecule has 1 heterocycles. The summed E-state index contributed by atoms with van der Waals surface area (Å²) in [6.07, 6.45) is -0.258. The second-order valence-electron chi connectivity index (χ2n) is 5.87. The van der Waals surface area contributed by atoms with Crippen molar-refractivity contribution in [2.45, 2.75) is 13.5 Å². The van der Waals surface area contributed by atoms with Gasteiger partial charge in [0.2, 0.25) is 0 Å². The lowest BCUT2D eigenvalue weighted by Crippen LogP contribution is -2.49. The average molecular weight is 310 g/mol. The van der Waals surface area contributed by atoms with E-state index in [1.807, 2.05) is 18.2 Å². The van der Waals surface area contributed by atoms with Crippen LogP contribution in [0.2, 0.25) is 0 Å². The molecule has 1 saturated heterocycles.